The van der Waals surface area contributed by atoms with Crippen LogP contribution >= 0.6 is 0 Å². The predicted molar refractivity (Wildman–Crippen MR) is 81.3 cm³/mol. The third-order valence-electron chi connectivity index (χ3n) is 3.24. The lowest BCUT2D eigenvalue weighted by Crippen LogP contribution is -2.26. The first-order chi connectivity index (χ1) is 11.5. The fourth-order valence-corrected chi connectivity index (χ4v) is 3.01. The summed E-state index contributed by atoms with van der Waals surface area (Å²) in [7, 11) is -4.69. The molecule has 2 aromatic rings. The van der Waals surface area contributed by atoms with Crippen LogP contribution in [0.2, 0.25) is 0 Å². The average molecular weight is 375 g/mol. The fourth-order valence-electron chi connectivity index (χ4n) is 1.96. The number of hydrogen-bond donors (Lipinski definition) is 0. The Balaban J connectivity index is 2.38. The Kier molecular flexibility index (Phi) is 5.14. The third-order valence-corrected chi connectivity index (χ3v) is 4.53. The van der Waals surface area contributed by atoms with E-state index in [1.54, 1.807) is 6.92 Å². The second-order valence-electron chi connectivity index (χ2n) is 5.13. The van der Waals surface area contributed by atoms with Crippen molar-refractivity contribution in [3.8, 4) is 0 Å². The molecule has 134 valence electrons. The molecule has 0 bridgehead atoms. The van der Waals surface area contributed by atoms with Crippen molar-refractivity contribution >= 4 is 15.8 Å². The van der Waals surface area contributed by atoms with Crippen LogP contribution in [0.4, 0.5) is 18.9 Å². The molecule has 0 aliphatic heterocycles. The maximum Gasteiger partial charge on any atom is 0.420 e. The van der Waals surface area contributed by atoms with E-state index in [0.29, 0.717) is 0 Å². The Morgan fingerprint density at radius 3 is 2.00 bits per heavy atom. The Bertz CT molecular complexity index is 862. The maximum absolute atomic E-state index is 13.3. The molecule has 10 heteroatoms. The van der Waals surface area contributed by atoms with Gasteiger partial charge in [0.15, 0.2) is 6.10 Å². The summed E-state index contributed by atoms with van der Waals surface area (Å²) in [6, 6.07) is 8.41. The van der Waals surface area contributed by atoms with Crippen molar-refractivity contribution in [3.63, 3.8) is 0 Å². The van der Waals surface area contributed by atoms with Gasteiger partial charge in [0.05, 0.1) is 9.82 Å². The van der Waals surface area contributed by atoms with Crippen LogP contribution in [0.1, 0.15) is 17.2 Å². The highest BCUT2D eigenvalue weighted by molar-refractivity contribution is 7.86. The Morgan fingerprint density at radius 1 is 1.04 bits per heavy atom. The van der Waals surface area contributed by atoms with E-state index in [9.17, 15) is 31.7 Å². The minimum Gasteiger partial charge on any atom is -0.258 e. The van der Waals surface area contributed by atoms with Gasteiger partial charge in [0, 0.05) is 12.1 Å². The molecule has 0 saturated carbocycles. The number of hydrogen-bond acceptors (Lipinski definition) is 5. The van der Waals surface area contributed by atoms with Gasteiger partial charge >= 0.3 is 6.18 Å². The zero-order valence-electron chi connectivity index (χ0n) is 12.7. The summed E-state index contributed by atoms with van der Waals surface area (Å²) < 4.78 is 68.4. The number of alkyl halides is 3. The monoisotopic (exact) mass is 375 g/mol. The van der Waals surface area contributed by atoms with Crippen molar-refractivity contribution in [2.24, 2.45) is 0 Å². The van der Waals surface area contributed by atoms with Crippen LogP contribution in [0.15, 0.2) is 53.4 Å². The van der Waals surface area contributed by atoms with E-state index in [-0.39, 0.29) is 0 Å². The zero-order chi connectivity index (χ0) is 18.8. The third kappa shape index (κ3) is 4.54. The highest BCUT2D eigenvalue weighted by Crippen LogP contribution is 2.38. The van der Waals surface area contributed by atoms with E-state index in [2.05, 4.69) is 4.18 Å². The molecule has 0 radical (unpaired) electrons. The highest BCUT2D eigenvalue weighted by atomic mass is 32.2. The van der Waals surface area contributed by atoms with Crippen molar-refractivity contribution in [2.75, 3.05) is 0 Å². The zero-order valence-corrected chi connectivity index (χ0v) is 13.5. The number of halogens is 3. The van der Waals surface area contributed by atoms with Crippen molar-refractivity contribution in [2.45, 2.75) is 24.1 Å². The van der Waals surface area contributed by atoms with Crippen LogP contribution < -0.4 is 0 Å². The Labute approximate surface area is 141 Å². The number of nitro groups is 1. The highest BCUT2D eigenvalue weighted by Gasteiger charge is 2.45. The first-order valence-corrected chi connectivity index (χ1v) is 8.22. The van der Waals surface area contributed by atoms with Gasteiger partial charge in [0.2, 0.25) is 0 Å². The second-order valence-corrected chi connectivity index (χ2v) is 6.71. The summed E-state index contributed by atoms with van der Waals surface area (Å²) in [6.45, 7) is 1.69. The van der Waals surface area contributed by atoms with Crippen molar-refractivity contribution in [3.05, 3.63) is 69.8 Å². The van der Waals surface area contributed by atoms with Gasteiger partial charge in [-0.2, -0.15) is 21.6 Å². The number of aryl methyl sites for hydroxylation is 1. The van der Waals surface area contributed by atoms with Crippen LogP contribution in [0.25, 0.3) is 0 Å². The molecule has 0 N–H and O–H groups in total. The lowest BCUT2D eigenvalue weighted by Gasteiger charge is -2.20. The van der Waals surface area contributed by atoms with Gasteiger partial charge in [-0.3, -0.25) is 10.1 Å². The van der Waals surface area contributed by atoms with E-state index < -0.39 is 43.5 Å². The molecular weight excluding hydrogens is 363 g/mol. The van der Waals surface area contributed by atoms with E-state index in [0.717, 1.165) is 42.0 Å². The molecule has 0 saturated heterocycles. The maximum atomic E-state index is 13.3. The van der Waals surface area contributed by atoms with Gasteiger partial charge in [-0.25, -0.2) is 4.18 Å². The molecular formula is C15H12F3NO5S. The van der Waals surface area contributed by atoms with Crippen molar-refractivity contribution in [1.29, 1.82) is 0 Å². The van der Waals surface area contributed by atoms with E-state index in [1.807, 2.05) is 0 Å². The molecule has 0 unspecified atom stereocenters. The average Bonchev–Trinajstić information content (AvgIpc) is 2.52. The van der Waals surface area contributed by atoms with Gasteiger partial charge in [-0.15, -0.1) is 0 Å². The Morgan fingerprint density at radius 2 is 1.56 bits per heavy atom. The summed E-state index contributed by atoms with van der Waals surface area (Å²) >= 11 is 0. The summed E-state index contributed by atoms with van der Waals surface area (Å²) in [5.41, 5.74) is -0.262. The largest absolute Gasteiger partial charge is 0.420 e. The summed E-state index contributed by atoms with van der Waals surface area (Å²) in [5.74, 6) is 0. The van der Waals surface area contributed by atoms with Gasteiger partial charge in [0.25, 0.3) is 15.8 Å². The molecule has 2 rings (SSSR count). The van der Waals surface area contributed by atoms with Crippen molar-refractivity contribution in [1.82, 2.24) is 0 Å². The SMILES string of the molecule is Cc1ccc(S(=O)(=O)O[C@@H](c2ccc([N+](=O)[O-])cc2)C(F)(F)F)cc1. The quantitative estimate of drug-likeness (QED) is 0.449. The van der Waals surface area contributed by atoms with Crippen LogP contribution in [0.3, 0.4) is 0 Å². The van der Waals surface area contributed by atoms with Crippen LogP contribution in [0, 0.1) is 17.0 Å². The van der Waals surface area contributed by atoms with Gasteiger partial charge < -0.3 is 0 Å². The molecule has 25 heavy (non-hydrogen) atoms. The topological polar surface area (TPSA) is 86.5 Å². The number of nitrogens with zero attached hydrogens (tertiary/aromatic N) is 1. The molecule has 0 heterocycles. The molecule has 0 aliphatic carbocycles. The molecule has 0 fully saturated rings. The van der Waals surface area contributed by atoms with Crippen LogP contribution in [0.5, 0.6) is 0 Å². The van der Waals surface area contributed by atoms with Gasteiger partial charge in [0.1, 0.15) is 0 Å². The fraction of sp³-hybridized carbons (Fsp3) is 0.200. The lowest BCUT2D eigenvalue weighted by atomic mass is 10.1. The van der Waals surface area contributed by atoms with E-state index in [1.165, 1.54) is 12.1 Å². The molecule has 0 amide bonds. The minimum atomic E-state index is -5.03. The first-order valence-electron chi connectivity index (χ1n) is 6.82. The van der Waals surface area contributed by atoms with Crippen molar-refractivity contribution < 1.29 is 30.7 Å². The summed E-state index contributed by atoms with van der Waals surface area (Å²) in [4.78, 5) is 9.37. The summed E-state index contributed by atoms with van der Waals surface area (Å²) in [5, 5.41) is 10.6. The van der Waals surface area contributed by atoms with Gasteiger partial charge in [-0.05, 0) is 36.8 Å². The molecule has 0 aliphatic rings. The second kappa shape index (κ2) is 6.81. The number of nitro benzene ring substituents is 1. The molecule has 0 aromatic heterocycles. The number of non-ortho nitro benzene ring substituents is 1. The molecule has 1 atom stereocenters. The molecule has 2 aromatic carbocycles. The number of benzene rings is 2. The molecule has 0 spiro atoms. The van der Waals surface area contributed by atoms with Crippen LogP contribution in [-0.2, 0) is 14.3 Å². The smallest absolute Gasteiger partial charge is 0.258 e. The van der Waals surface area contributed by atoms with E-state index in [4.69, 9.17) is 0 Å². The number of rotatable bonds is 5. The summed E-state index contributed by atoms with van der Waals surface area (Å²) in [6.07, 6.45) is -7.81. The van der Waals surface area contributed by atoms with Gasteiger partial charge in [-0.1, -0.05) is 17.7 Å². The predicted octanol–water partition coefficient (Wildman–Crippen LogP) is 3.91. The van der Waals surface area contributed by atoms with Crippen LogP contribution in [-0.4, -0.2) is 19.5 Å². The Hall–Kier alpha value is -2.46. The standard InChI is InChI=1S/C15H12F3NO5S/c1-10-2-8-13(9-3-10)25(22,23)24-14(15(16,17)18)11-4-6-12(7-5-11)19(20)21/h2-9,14H,1H3/t14-/m0/s1. The first kappa shape index (κ1) is 18.9. The minimum absolute atomic E-state index is 0.422. The normalized spacial score (nSPS) is 13.4. The lowest BCUT2D eigenvalue weighted by molar-refractivity contribution is -0.384. The molecule has 6 nitrogen and oxygen atoms in total. The van der Waals surface area contributed by atoms with E-state index >= 15 is 0 Å².